The van der Waals surface area contributed by atoms with E-state index < -0.39 is 0 Å². The Morgan fingerprint density at radius 3 is 2.54 bits per heavy atom. The molecule has 0 bridgehead atoms. The third-order valence-corrected chi connectivity index (χ3v) is 5.23. The Balaban J connectivity index is 1.37. The molecule has 0 amide bonds. The molecule has 1 fully saturated rings. The molecule has 2 aromatic heterocycles. The highest BCUT2D eigenvalue weighted by molar-refractivity contribution is 5.55. The third-order valence-electron chi connectivity index (χ3n) is 5.23. The molecule has 0 radical (unpaired) electrons. The van der Waals surface area contributed by atoms with Gasteiger partial charge in [0.15, 0.2) is 5.76 Å². The molecule has 4 rings (SSSR count). The molecular formula is C20H24FN5O2. The Bertz CT molecular complexity index is 946. The van der Waals surface area contributed by atoms with Crippen LogP contribution in [0.15, 0.2) is 33.3 Å². The van der Waals surface area contributed by atoms with Crippen LogP contribution in [0.1, 0.15) is 35.9 Å². The lowest BCUT2D eigenvalue weighted by atomic mass is 10.1. The van der Waals surface area contributed by atoms with E-state index in [1.54, 1.807) is 19.1 Å². The Morgan fingerprint density at radius 1 is 1.07 bits per heavy atom. The zero-order valence-corrected chi connectivity index (χ0v) is 16.4. The molecule has 1 saturated heterocycles. The molecule has 3 heterocycles. The highest BCUT2D eigenvalue weighted by Gasteiger charge is 2.26. The quantitative estimate of drug-likeness (QED) is 0.667. The smallest absolute Gasteiger partial charge is 0.244 e. The molecule has 0 aliphatic carbocycles. The number of aromatic nitrogens is 3. The maximum atomic E-state index is 13.5. The van der Waals surface area contributed by atoms with E-state index >= 15 is 0 Å². The minimum absolute atomic E-state index is 0.0254. The highest BCUT2D eigenvalue weighted by atomic mass is 19.1. The maximum Gasteiger partial charge on any atom is 0.244 e. The fraction of sp³-hybridized carbons (Fsp3) is 0.450. The summed E-state index contributed by atoms with van der Waals surface area (Å²) in [6.07, 6.45) is 0. The van der Waals surface area contributed by atoms with Crippen LogP contribution >= 0.6 is 0 Å². The summed E-state index contributed by atoms with van der Waals surface area (Å²) in [6.45, 7) is 10.2. The molecule has 0 N–H and O–H groups in total. The summed E-state index contributed by atoms with van der Waals surface area (Å²) < 4.78 is 24.3. The zero-order chi connectivity index (χ0) is 19.7. The molecule has 1 unspecified atom stereocenters. The van der Waals surface area contributed by atoms with Gasteiger partial charge in [-0.25, -0.2) is 4.39 Å². The minimum atomic E-state index is -0.237. The van der Waals surface area contributed by atoms with Crippen molar-refractivity contribution < 1.29 is 13.4 Å². The summed E-state index contributed by atoms with van der Waals surface area (Å²) >= 11 is 0. The topological polar surface area (TPSA) is 71.4 Å². The van der Waals surface area contributed by atoms with Crippen LogP contribution in [0.3, 0.4) is 0 Å². The van der Waals surface area contributed by atoms with Crippen LogP contribution in [0, 0.1) is 19.7 Å². The molecule has 1 aliphatic heterocycles. The van der Waals surface area contributed by atoms with Gasteiger partial charge in [-0.15, -0.1) is 0 Å². The van der Waals surface area contributed by atoms with Gasteiger partial charge in [-0.3, -0.25) is 9.80 Å². The Kier molecular flexibility index (Phi) is 5.23. The van der Waals surface area contributed by atoms with Gasteiger partial charge in [0.25, 0.3) is 0 Å². The van der Waals surface area contributed by atoms with Crippen LogP contribution in [0.2, 0.25) is 0 Å². The molecule has 1 aliphatic rings. The van der Waals surface area contributed by atoms with Crippen molar-refractivity contribution in [1.29, 1.82) is 0 Å². The van der Waals surface area contributed by atoms with Crippen LogP contribution in [-0.4, -0.2) is 51.3 Å². The second kappa shape index (κ2) is 7.81. The van der Waals surface area contributed by atoms with E-state index in [0.29, 0.717) is 17.3 Å². The number of halogens is 1. The Morgan fingerprint density at radius 2 is 1.86 bits per heavy atom. The van der Waals surface area contributed by atoms with E-state index in [1.165, 1.54) is 6.07 Å². The Hall–Kier alpha value is -2.58. The lowest BCUT2D eigenvalue weighted by Gasteiger charge is -2.36. The molecule has 1 atom stereocenters. The summed E-state index contributed by atoms with van der Waals surface area (Å²) in [5.74, 6) is 1.73. The van der Waals surface area contributed by atoms with Gasteiger partial charge in [0.05, 0.1) is 18.3 Å². The standard InChI is InChI=1S/C20H24FN5O2/c1-13-10-16(4-5-18(13)21)19-22-20(28-24-19)15(3)26-8-6-25(7-9-26)12-17-11-14(2)23-27-17/h4-5,10-11,15H,6-9,12H2,1-3H3. The van der Waals surface area contributed by atoms with Crippen LogP contribution in [0.5, 0.6) is 0 Å². The van der Waals surface area contributed by atoms with Crippen molar-refractivity contribution in [3.8, 4) is 11.4 Å². The van der Waals surface area contributed by atoms with Crippen molar-refractivity contribution in [3.63, 3.8) is 0 Å². The van der Waals surface area contributed by atoms with Gasteiger partial charge in [-0.1, -0.05) is 10.3 Å². The normalized spacial score (nSPS) is 17.1. The van der Waals surface area contributed by atoms with E-state index in [2.05, 4.69) is 32.0 Å². The summed E-state index contributed by atoms with van der Waals surface area (Å²) in [5.41, 5.74) is 2.23. The first-order chi connectivity index (χ1) is 13.5. The number of hydrogen-bond donors (Lipinski definition) is 0. The average molecular weight is 385 g/mol. The molecule has 0 spiro atoms. The highest BCUT2D eigenvalue weighted by Crippen LogP contribution is 2.25. The van der Waals surface area contributed by atoms with Crippen molar-refractivity contribution >= 4 is 0 Å². The summed E-state index contributed by atoms with van der Waals surface area (Å²) in [6, 6.07) is 6.84. The van der Waals surface area contributed by atoms with Gasteiger partial charge >= 0.3 is 0 Å². The first-order valence-corrected chi connectivity index (χ1v) is 9.48. The first kappa shape index (κ1) is 18.8. The van der Waals surface area contributed by atoms with Gasteiger partial charge in [-0.05, 0) is 44.5 Å². The van der Waals surface area contributed by atoms with E-state index in [-0.39, 0.29) is 11.9 Å². The molecule has 7 nitrogen and oxygen atoms in total. The number of hydrogen-bond acceptors (Lipinski definition) is 7. The predicted octanol–water partition coefficient (Wildman–Crippen LogP) is 3.36. The van der Waals surface area contributed by atoms with Crippen molar-refractivity contribution in [1.82, 2.24) is 25.1 Å². The largest absolute Gasteiger partial charge is 0.360 e. The van der Waals surface area contributed by atoms with E-state index in [0.717, 1.165) is 49.7 Å². The van der Waals surface area contributed by atoms with Crippen LogP contribution in [-0.2, 0) is 6.54 Å². The molecule has 1 aromatic carbocycles. The van der Waals surface area contributed by atoms with Gasteiger partial charge in [-0.2, -0.15) is 4.98 Å². The molecule has 8 heteroatoms. The average Bonchev–Trinajstić information content (AvgIpc) is 3.33. The van der Waals surface area contributed by atoms with Crippen molar-refractivity contribution in [2.24, 2.45) is 0 Å². The van der Waals surface area contributed by atoms with Gasteiger partial charge in [0.1, 0.15) is 5.82 Å². The number of piperazine rings is 1. The fourth-order valence-electron chi connectivity index (χ4n) is 3.48. The van der Waals surface area contributed by atoms with Crippen LogP contribution < -0.4 is 0 Å². The summed E-state index contributed by atoms with van der Waals surface area (Å²) in [4.78, 5) is 9.22. The fourth-order valence-corrected chi connectivity index (χ4v) is 3.48. The number of aryl methyl sites for hydroxylation is 2. The minimum Gasteiger partial charge on any atom is -0.360 e. The van der Waals surface area contributed by atoms with Crippen LogP contribution in [0.25, 0.3) is 11.4 Å². The van der Waals surface area contributed by atoms with Gasteiger partial charge in [0.2, 0.25) is 11.7 Å². The second-order valence-electron chi connectivity index (χ2n) is 7.34. The molecule has 28 heavy (non-hydrogen) atoms. The second-order valence-corrected chi connectivity index (χ2v) is 7.34. The van der Waals surface area contributed by atoms with Crippen LogP contribution in [0.4, 0.5) is 4.39 Å². The molecular weight excluding hydrogens is 361 g/mol. The molecule has 0 saturated carbocycles. The summed E-state index contributed by atoms with van der Waals surface area (Å²) in [7, 11) is 0. The predicted molar refractivity (Wildman–Crippen MR) is 101 cm³/mol. The maximum absolute atomic E-state index is 13.5. The van der Waals surface area contributed by atoms with E-state index in [1.807, 2.05) is 13.0 Å². The molecule has 3 aromatic rings. The monoisotopic (exact) mass is 385 g/mol. The Labute approximate surface area is 163 Å². The van der Waals surface area contributed by atoms with Crippen molar-refractivity contribution in [2.45, 2.75) is 33.4 Å². The molecule has 148 valence electrons. The van der Waals surface area contributed by atoms with Crippen molar-refractivity contribution in [2.75, 3.05) is 26.2 Å². The summed E-state index contributed by atoms with van der Waals surface area (Å²) in [5, 5.41) is 8.02. The van der Waals surface area contributed by atoms with Gasteiger partial charge < -0.3 is 9.05 Å². The number of benzene rings is 1. The number of nitrogens with zero attached hydrogens (tertiary/aromatic N) is 5. The number of rotatable bonds is 5. The lowest BCUT2D eigenvalue weighted by Crippen LogP contribution is -2.46. The zero-order valence-electron chi connectivity index (χ0n) is 16.4. The first-order valence-electron chi connectivity index (χ1n) is 9.48. The SMILES string of the molecule is Cc1cc(CN2CCN(C(C)c3nc(-c4ccc(F)c(C)c4)no3)CC2)on1. The lowest BCUT2D eigenvalue weighted by molar-refractivity contribution is 0.0795. The van der Waals surface area contributed by atoms with E-state index in [9.17, 15) is 4.39 Å². The van der Waals surface area contributed by atoms with Crippen molar-refractivity contribution in [3.05, 3.63) is 53.0 Å². The van der Waals surface area contributed by atoms with E-state index in [4.69, 9.17) is 9.05 Å². The third kappa shape index (κ3) is 3.98. The van der Waals surface area contributed by atoms with Gasteiger partial charge in [0, 0.05) is 37.8 Å².